The van der Waals surface area contributed by atoms with Crippen LogP contribution in [0.3, 0.4) is 0 Å². The van der Waals surface area contributed by atoms with Crippen molar-refractivity contribution in [2.45, 2.75) is 19.4 Å². The Morgan fingerprint density at radius 2 is 1.89 bits per heavy atom. The first-order chi connectivity index (χ1) is 13.0. The van der Waals surface area contributed by atoms with Crippen molar-refractivity contribution >= 4 is 34.9 Å². The largest absolute Gasteiger partial charge is 0.323 e. The minimum absolute atomic E-state index is 0.0125. The Bertz CT molecular complexity index is 1030. The van der Waals surface area contributed by atoms with Crippen LogP contribution in [0.25, 0.3) is 11.3 Å². The predicted octanol–water partition coefficient (Wildman–Crippen LogP) is 4.03. The van der Waals surface area contributed by atoms with E-state index in [0.29, 0.717) is 16.5 Å². The molecule has 2 N–H and O–H groups in total. The molecule has 3 aromatic rings. The molecule has 0 bridgehead atoms. The summed E-state index contributed by atoms with van der Waals surface area (Å²) in [6.07, 6.45) is 0.0125. The highest BCUT2D eigenvalue weighted by Crippen LogP contribution is 2.34. The molecule has 7 heteroatoms. The Hall–Kier alpha value is -3.12. The van der Waals surface area contributed by atoms with Gasteiger partial charge in [0.05, 0.1) is 22.8 Å². The van der Waals surface area contributed by atoms with Gasteiger partial charge in [-0.15, -0.1) is 0 Å². The van der Waals surface area contributed by atoms with Crippen LogP contribution in [0.15, 0.2) is 54.6 Å². The molecule has 0 unspecified atom stereocenters. The monoisotopic (exact) mass is 380 g/mol. The zero-order valence-electron chi connectivity index (χ0n) is 14.6. The predicted molar refractivity (Wildman–Crippen MR) is 105 cm³/mol. The summed E-state index contributed by atoms with van der Waals surface area (Å²) in [6, 6.07) is 15.9. The first kappa shape index (κ1) is 17.3. The number of para-hydroxylation sites is 1. The number of benzene rings is 2. The summed E-state index contributed by atoms with van der Waals surface area (Å²) in [7, 11) is 0. The van der Waals surface area contributed by atoms with Gasteiger partial charge in [0, 0.05) is 11.1 Å². The highest BCUT2D eigenvalue weighted by molar-refractivity contribution is 6.33. The molecule has 2 amide bonds. The lowest BCUT2D eigenvalue weighted by Crippen LogP contribution is -2.36. The summed E-state index contributed by atoms with van der Waals surface area (Å²) >= 11 is 6.13. The number of hydrogen-bond donors (Lipinski definition) is 2. The van der Waals surface area contributed by atoms with Crippen LogP contribution in [0.2, 0.25) is 5.02 Å². The molecule has 6 nitrogen and oxygen atoms in total. The van der Waals surface area contributed by atoms with Gasteiger partial charge in [0.15, 0.2) is 0 Å². The number of amides is 2. The average Bonchev–Trinajstić information content (AvgIpc) is 3.00. The molecule has 136 valence electrons. The Morgan fingerprint density at radius 1 is 1.19 bits per heavy atom. The number of carbonyl (C=O) groups is 2. The standard InChI is InChI=1S/C20H17ClN4O2/c1-12-18(13-7-3-2-4-8-13)24-25-16(11-17(26)23-19(12)25)20(27)22-15-10-6-5-9-14(15)21/h2-10,16H,11H2,1H3,(H,22,27)(H,23,26)/t16-/m1/s1. The molecule has 0 spiro atoms. The molecule has 1 atom stereocenters. The SMILES string of the molecule is Cc1c(-c2ccccc2)nn2c1NC(=O)C[C@@H]2C(=O)Nc1ccccc1Cl. The Morgan fingerprint density at radius 3 is 2.63 bits per heavy atom. The molecular formula is C20H17ClN4O2. The van der Waals surface area contributed by atoms with Crippen molar-refractivity contribution in [1.82, 2.24) is 9.78 Å². The van der Waals surface area contributed by atoms with Crippen molar-refractivity contribution in [2.75, 3.05) is 10.6 Å². The first-order valence-electron chi connectivity index (χ1n) is 8.54. The van der Waals surface area contributed by atoms with Crippen LogP contribution in [-0.4, -0.2) is 21.6 Å². The van der Waals surface area contributed by atoms with Crippen molar-refractivity contribution in [3.8, 4) is 11.3 Å². The summed E-state index contributed by atoms with van der Waals surface area (Å²) in [5.74, 6) is -0.00450. The third kappa shape index (κ3) is 3.19. The smallest absolute Gasteiger partial charge is 0.249 e. The molecule has 0 saturated heterocycles. The van der Waals surface area contributed by atoms with Crippen molar-refractivity contribution in [1.29, 1.82) is 0 Å². The van der Waals surface area contributed by atoms with E-state index in [1.165, 1.54) is 0 Å². The van der Waals surface area contributed by atoms with E-state index in [9.17, 15) is 9.59 Å². The molecule has 4 rings (SSSR count). The minimum Gasteiger partial charge on any atom is -0.323 e. The van der Waals surface area contributed by atoms with E-state index in [1.54, 1.807) is 28.9 Å². The van der Waals surface area contributed by atoms with Crippen LogP contribution in [0.4, 0.5) is 11.5 Å². The van der Waals surface area contributed by atoms with E-state index in [2.05, 4.69) is 15.7 Å². The van der Waals surface area contributed by atoms with Gasteiger partial charge in [0.1, 0.15) is 11.9 Å². The fourth-order valence-electron chi connectivity index (χ4n) is 3.19. The lowest BCUT2D eigenvalue weighted by Gasteiger charge is -2.24. The number of anilines is 2. The summed E-state index contributed by atoms with van der Waals surface area (Å²) in [6.45, 7) is 1.88. The highest BCUT2D eigenvalue weighted by atomic mass is 35.5. The lowest BCUT2D eigenvalue weighted by atomic mass is 10.1. The van der Waals surface area contributed by atoms with E-state index in [-0.39, 0.29) is 18.2 Å². The normalized spacial score (nSPS) is 15.8. The van der Waals surface area contributed by atoms with Crippen LogP contribution in [0, 0.1) is 6.92 Å². The van der Waals surface area contributed by atoms with Gasteiger partial charge in [-0.1, -0.05) is 54.1 Å². The second-order valence-corrected chi connectivity index (χ2v) is 6.78. The molecule has 27 heavy (non-hydrogen) atoms. The summed E-state index contributed by atoms with van der Waals surface area (Å²) < 4.78 is 1.59. The third-order valence-electron chi connectivity index (χ3n) is 4.56. The molecule has 2 heterocycles. The molecule has 0 aliphatic carbocycles. The average molecular weight is 381 g/mol. The molecule has 2 aromatic carbocycles. The number of halogens is 1. The summed E-state index contributed by atoms with van der Waals surface area (Å²) in [4.78, 5) is 25.1. The van der Waals surface area contributed by atoms with Gasteiger partial charge in [-0.3, -0.25) is 9.59 Å². The van der Waals surface area contributed by atoms with Crippen LogP contribution >= 0.6 is 11.6 Å². The van der Waals surface area contributed by atoms with Crippen molar-refractivity contribution in [2.24, 2.45) is 0 Å². The summed E-state index contributed by atoms with van der Waals surface area (Å²) in [5, 5.41) is 10.7. The fraction of sp³-hybridized carbons (Fsp3) is 0.150. The van der Waals surface area contributed by atoms with Gasteiger partial charge in [-0.2, -0.15) is 5.10 Å². The number of nitrogens with one attached hydrogen (secondary N) is 2. The van der Waals surface area contributed by atoms with Crippen LogP contribution in [0.5, 0.6) is 0 Å². The Labute approximate surface area is 161 Å². The van der Waals surface area contributed by atoms with Gasteiger partial charge >= 0.3 is 0 Å². The van der Waals surface area contributed by atoms with Gasteiger partial charge in [0.2, 0.25) is 11.8 Å². The zero-order chi connectivity index (χ0) is 19.0. The van der Waals surface area contributed by atoms with Gasteiger partial charge in [-0.05, 0) is 19.1 Å². The molecule has 0 fully saturated rings. The van der Waals surface area contributed by atoms with Crippen molar-refractivity contribution in [3.05, 3.63) is 65.2 Å². The van der Waals surface area contributed by atoms with E-state index >= 15 is 0 Å². The maximum Gasteiger partial charge on any atom is 0.249 e. The topological polar surface area (TPSA) is 76.0 Å². The Balaban J connectivity index is 1.71. The molecule has 1 aliphatic heterocycles. The van der Waals surface area contributed by atoms with E-state index in [1.807, 2.05) is 37.3 Å². The molecule has 1 aliphatic rings. The number of aromatic nitrogens is 2. The third-order valence-corrected chi connectivity index (χ3v) is 4.89. The van der Waals surface area contributed by atoms with Crippen LogP contribution in [-0.2, 0) is 9.59 Å². The lowest BCUT2D eigenvalue weighted by molar-refractivity contribution is -0.125. The summed E-state index contributed by atoms with van der Waals surface area (Å²) in [5.41, 5.74) is 2.99. The molecule has 1 aromatic heterocycles. The Kier molecular flexibility index (Phi) is 4.41. The number of fused-ring (bicyclic) bond motifs is 1. The van der Waals surface area contributed by atoms with E-state index in [4.69, 9.17) is 11.6 Å². The molecular weight excluding hydrogens is 364 g/mol. The quantitative estimate of drug-likeness (QED) is 0.720. The van der Waals surface area contributed by atoms with Gasteiger partial charge in [0.25, 0.3) is 0 Å². The number of carbonyl (C=O) groups excluding carboxylic acids is 2. The second kappa shape index (κ2) is 6.89. The molecule has 0 radical (unpaired) electrons. The van der Waals surface area contributed by atoms with Crippen molar-refractivity contribution in [3.63, 3.8) is 0 Å². The maximum absolute atomic E-state index is 12.9. The second-order valence-electron chi connectivity index (χ2n) is 6.37. The number of hydrogen-bond acceptors (Lipinski definition) is 3. The zero-order valence-corrected chi connectivity index (χ0v) is 15.3. The first-order valence-corrected chi connectivity index (χ1v) is 8.92. The van der Waals surface area contributed by atoms with E-state index in [0.717, 1.165) is 16.8 Å². The maximum atomic E-state index is 12.9. The van der Waals surface area contributed by atoms with Crippen LogP contribution in [0.1, 0.15) is 18.0 Å². The highest BCUT2D eigenvalue weighted by Gasteiger charge is 2.34. The van der Waals surface area contributed by atoms with Gasteiger partial charge < -0.3 is 10.6 Å². The van der Waals surface area contributed by atoms with Crippen molar-refractivity contribution < 1.29 is 9.59 Å². The number of nitrogens with zero attached hydrogens (tertiary/aromatic N) is 2. The van der Waals surface area contributed by atoms with Crippen LogP contribution < -0.4 is 10.6 Å². The number of rotatable bonds is 3. The molecule has 0 saturated carbocycles. The fourth-order valence-corrected chi connectivity index (χ4v) is 3.37. The minimum atomic E-state index is -0.749. The van der Waals surface area contributed by atoms with E-state index < -0.39 is 6.04 Å². The van der Waals surface area contributed by atoms with Gasteiger partial charge in [-0.25, -0.2) is 4.68 Å².